The van der Waals surface area contributed by atoms with Crippen LogP contribution in [0.3, 0.4) is 0 Å². The van der Waals surface area contributed by atoms with E-state index in [1.54, 1.807) is 18.2 Å². The fourth-order valence-electron chi connectivity index (χ4n) is 1.90. The van der Waals surface area contributed by atoms with Gasteiger partial charge in [0.05, 0.1) is 11.8 Å². The van der Waals surface area contributed by atoms with Gasteiger partial charge in [-0.1, -0.05) is 12.1 Å². The average molecular weight is 299 g/mol. The number of carbonyl (C=O) groups is 1. The van der Waals surface area contributed by atoms with Crippen LogP contribution < -0.4 is 10.3 Å². The van der Waals surface area contributed by atoms with Crippen LogP contribution in [0.25, 0.3) is 0 Å². The fraction of sp³-hybridized carbons (Fsp3) is 0.125. The van der Waals surface area contributed by atoms with Gasteiger partial charge in [0.25, 0.3) is 5.91 Å². The van der Waals surface area contributed by atoms with Crippen molar-refractivity contribution in [3.8, 4) is 11.5 Å². The van der Waals surface area contributed by atoms with E-state index in [0.29, 0.717) is 11.1 Å². The van der Waals surface area contributed by atoms with Crippen LogP contribution >= 0.6 is 0 Å². The highest BCUT2D eigenvalue weighted by Gasteiger charge is 2.11. The maximum Gasteiger partial charge on any atom is 0.273 e. The number of hydrogen-bond donors (Lipinski definition) is 3. The van der Waals surface area contributed by atoms with Crippen LogP contribution in [0.5, 0.6) is 11.5 Å². The van der Waals surface area contributed by atoms with Crippen molar-refractivity contribution in [1.29, 1.82) is 0 Å². The van der Waals surface area contributed by atoms with E-state index < -0.39 is 0 Å². The molecule has 0 radical (unpaired) electrons. The number of nitrogens with one attached hydrogen (secondary N) is 1. The maximum absolute atomic E-state index is 12.1. The molecule has 0 aliphatic carbocycles. The molecule has 0 unspecified atom stereocenters. The number of amides is 1. The summed E-state index contributed by atoms with van der Waals surface area (Å²) in [6, 6.07) is 11.5. The Morgan fingerprint density at radius 1 is 1.14 bits per heavy atom. The summed E-state index contributed by atoms with van der Waals surface area (Å²) in [4.78, 5) is 14.0. The number of nitrogens with zero attached hydrogens (tertiary/aromatic N) is 2. The molecule has 2 rings (SSSR count). The first-order chi connectivity index (χ1) is 10.5. The van der Waals surface area contributed by atoms with Crippen LogP contribution in [0.4, 0.5) is 5.69 Å². The largest absolute Gasteiger partial charge is 0.504 e. The zero-order valence-electron chi connectivity index (χ0n) is 12.3. The number of rotatable bonds is 4. The number of phenols is 2. The molecule has 0 aliphatic heterocycles. The lowest BCUT2D eigenvalue weighted by Crippen LogP contribution is -2.21. The van der Waals surface area contributed by atoms with Crippen molar-refractivity contribution in [2.45, 2.75) is 0 Å². The summed E-state index contributed by atoms with van der Waals surface area (Å²) in [5, 5.41) is 22.5. The number of hydrazone groups is 1. The number of phenolic OH excluding ortho intramolecular Hbond substituents is 2. The Morgan fingerprint density at radius 3 is 2.55 bits per heavy atom. The normalized spacial score (nSPS) is 10.6. The number of aromatic hydroxyl groups is 2. The van der Waals surface area contributed by atoms with Gasteiger partial charge in [0.15, 0.2) is 11.5 Å². The number of anilines is 1. The zero-order valence-corrected chi connectivity index (χ0v) is 12.3. The second-order valence-corrected chi connectivity index (χ2v) is 4.86. The molecule has 0 heterocycles. The predicted octanol–water partition coefficient (Wildman–Crippen LogP) is 1.93. The Kier molecular flexibility index (Phi) is 4.63. The van der Waals surface area contributed by atoms with E-state index in [1.165, 1.54) is 18.3 Å². The molecule has 0 bridgehead atoms. The van der Waals surface area contributed by atoms with Crippen molar-refractivity contribution in [3.05, 3.63) is 53.6 Å². The SMILES string of the molecule is CN(C)c1ccccc1C(=O)N/N=C\c1ccc(O)c(O)c1. The number of carbonyl (C=O) groups excluding carboxylic acids is 1. The monoisotopic (exact) mass is 299 g/mol. The molecule has 0 spiro atoms. The molecule has 0 saturated heterocycles. The first kappa shape index (κ1) is 15.4. The highest BCUT2D eigenvalue weighted by atomic mass is 16.3. The molecule has 114 valence electrons. The summed E-state index contributed by atoms with van der Waals surface area (Å²) >= 11 is 0. The molecule has 6 heteroatoms. The summed E-state index contributed by atoms with van der Waals surface area (Å²) in [5.74, 6) is -0.780. The summed E-state index contributed by atoms with van der Waals surface area (Å²) in [6.07, 6.45) is 1.38. The summed E-state index contributed by atoms with van der Waals surface area (Å²) < 4.78 is 0. The third-order valence-electron chi connectivity index (χ3n) is 3.01. The molecule has 6 nitrogen and oxygen atoms in total. The second kappa shape index (κ2) is 6.62. The third kappa shape index (κ3) is 3.54. The molecular formula is C16H17N3O3. The fourth-order valence-corrected chi connectivity index (χ4v) is 1.90. The zero-order chi connectivity index (χ0) is 16.1. The van der Waals surface area contributed by atoms with Crippen LogP contribution in [0.1, 0.15) is 15.9 Å². The molecule has 1 amide bonds. The minimum absolute atomic E-state index is 0.207. The van der Waals surface area contributed by atoms with Crippen LogP contribution in [0.15, 0.2) is 47.6 Å². The molecule has 0 aliphatic rings. The minimum atomic E-state index is -0.330. The first-order valence-corrected chi connectivity index (χ1v) is 6.61. The van der Waals surface area contributed by atoms with E-state index in [-0.39, 0.29) is 17.4 Å². The molecule has 2 aromatic rings. The third-order valence-corrected chi connectivity index (χ3v) is 3.01. The van der Waals surface area contributed by atoms with Gasteiger partial charge in [-0.2, -0.15) is 5.10 Å². The Balaban J connectivity index is 2.10. The Hall–Kier alpha value is -3.02. The smallest absolute Gasteiger partial charge is 0.273 e. The van der Waals surface area contributed by atoms with Crippen molar-refractivity contribution >= 4 is 17.8 Å². The number of hydrogen-bond acceptors (Lipinski definition) is 5. The Morgan fingerprint density at radius 2 is 1.86 bits per heavy atom. The molecule has 0 fully saturated rings. The van der Waals surface area contributed by atoms with Crippen molar-refractivity contribution < 1.29 is 15.0 Å². The van der Waals surface area contributed by atoms with Gasteiger partial charge >= 0.3 is 0 Å². The molecule has 0 saturated carbocycles. The van der Waals surface area contributed by atoms with E-state index in [2.05, 4.69) is 10.5 Å². The molecule has 3 N–H and O–H groups in total. The van der Waals surface area contributed by atoms with Crippen LogP contribution in [0.2, 0.25) is 0 Å². The summed E-state index contributed by atoms with van der Waals surface area (Å²) in [6.45, 7) is 0. The van der Waals surface area contributed by atoms with E-state index in [0.717, 1.165) is 5.69 Å². The highest BCUT2D eigenvalue weighted by molar-refractivity contribution is 6.00. The Bertz CT molecular complexity index is 712. The average Bonchev–Trinajstić information content (AvgIpc) is 2.50. The first-order valence-electron chi connectivity index (χ1n) is 6.61. The topological polar surface area (TPSA) is 85.2 Å². The van der Waals surface area contributed by atoms with Crippen LogP contribution in [-0.4, -0.2) is 36.4 Å². The lowest BCUT2D eigenvalue weighted by atomic mass is 10.1. The van der Waals surface area contributed by atoms with Crippen molar-refractivity contribution in [2.24, 2.45) is 5.10 Å². The molecule has 22 heavy (non-hydrogen) atoms. The lowest BCUT2D eigenvalue weighted by molar-refractivity contribution is 0.0955. The van der Waals surface area contributed by atoms with Crippen molar-refractivity contribution in [1.82, 2.24) is 5.43 Å². The van der Waals surface area contributed by atoms with E-state index in [9.17, 15) is 15.0 Å². The van der Waals surface area contributed by atoms with Crippen LogP contribution in [-0.2, 0) is 0 Å². The van der Waals surface area contributed by atoms with Crippen molar-refractivity contribution in [3.63, 3.8) is 0 Å². The standard InChI is InChI=1S/C16H17N3O3/c1-19(2)13-6-4-3-5-12(13)16(22)18-17-10-11-7-8-14(20)15(21)9-11/h3-10,20-21H,1-2H3,(H,18,22)/b17-10-. The van der Waals surface area contributed by atoms with Crippen LogP contribution in [0, 0.1) is 0 Å². The van der Waals surface area contributed by atoms with Gasteiger partial charge in [-0.15, -0.1) is 0 Å². The molecule has 0 aromatic heterocycles. The maximum atomic E-state index is 12.1. The second-order valence-electron chi connectivity index (χ2n) is 4.86. The molecule has 0 atom stereocenters. The van der Waals surface area contributed by atoms with Gasteiger partial charge < -0.3 is 15.1 Å². The van der Waals surface area contributed by atoms with E-state index >= 15 is 0 Å². The quantitative estimate of drug-likeness (QED) is 0.457. The van der Waals surface area contributed by atoms with Gasteiger partial charge in [0.1, 0.15) is 0 Å². The van der Waals surface area contributed by atoms with Crippen molar-refractivity contribution in [2.75, 3.05) is 19.0 Å². The Labute approximate surface area is 128 Å². The van der Waals surface area contributed by atoms with E-state index in [4.69, 9.17) is 0 Å². The van der Waals surface area contributed by atoms with Gasteiger partial charge in [-0.05, 0) is 35.9 Å². The van der Waals surface area contributed by atoms with Gasteiger partial charge in [0.2, 0.25) is 0 Å². The highest BCUT2D eigenvalue weighted by Crippen LogP contribution is 2.24. The predicted molar refractivity (Wildman–Crippen MR) is 85.6 cm³/mol. The van der Waals surface area contributed by atoms with Gasteiger partial charge in [-0.3, -0.25) is 4.79 Å². The number of para-hydroxylation sites is 1. The minimum Gasteiger partial charge on any atom is -0.504 e. The number of benzene rings is 2. The summed E-state index contributed by atoms with van der Waals surface area (Å²) in [7, 11) is 3.71. The molecule has 2 aromatic carbocycles. The van der Waals surface area contributed by atoms with Gasteiger partial charge in [0, 0.05) is 19.8 Å². The van der Waals surface area contributed by atoms with E-state index in [1.807, 2.05) is 31.1 Å². The lowest BCUT2D eigenvalue weighted by Gasteiger charge is -2.15. The van der Waals surface area contributed by atoms with Gasteiger partial charge in [-0.25, -0.2) is 5.43 Å². The molecular weight excluding hydrogens is 282 g/mol. The summed E-state index contributed by atoms with van der Waals surface area (Å²) in [5.41, 5.74) is 4.29.